The van der Waals surface area contributed by atoms with Gasteiger partial charge in [0.15, 0.2) is 0 Å². The molecule has 1 fully saturated rings. The molecule has 0 amide bonds. The first-order valence-electron chi connectivity index (χ1n) is 8.06. The fourth-order valence-corrected chi connectivity index (χ4v) is 2.88. The average molecular weight is 290 g/mol. The molecule has 1 aromatic rings. The standard InChI is InChI=1S/C18H30N2O/c1-14(2)11-19-12-16-6-7-17(10-15(16)3)20-8-9-21-13-18(20,4)5/h6-7,10,14,19H,8-9,11-13H2,1-5H3. The van der Waals surface area contributed by atoms with Crippen LogP contribution in [0.2, 0.25) is 0 Å². The molecule has 0 saturated carbocycles. The van der Waals surface area contributed by atoms with E-state index in [1.807, 2.05) is 0 Å². The first-order valence-corrected chi connectivity index (χ1v) is 8.06. The van der Waals surface area contributed by atoms with Crippen molar-refractivity contribution >= 4 is 5.69 Å². The van der Waals surface area contributed by atoms with Crippen molar-refractivity contribution in [2.45, 2.75) is 46.7 Å². The van der Waals surface area contributed by atoms with E-state index >= 15 is 0 Å². The van der Waals surface area contributed by atoms with Crippen LogP contribution in [0.25, 0.3) is 0 Å². The van der Waals surface area contributed by atoms with Crippen LogP contribution in [0.4, 0.5) is 5.69 Å². The van der Waals surface area contributed by atoms with Gasteiger partial charge in [-0.25, -0.2) is 0 Å². The molecule has 21 heavy (non-hydrogen) atoms. The zero-order valence-electron chi connectivity index (χ0n) is 14.2. The highest BCUT2D eigenvalue weighted by atomic mass is 16.5. The maximum atomic E-state index is 5.61. The van der Waals surface area contributed by atoms with Crippen LogP contribution in [0.5, 0.6) is 0 Å². The van der Waals surface area contributed by atoms with Gasteiger partial charge < -0.3 is 15.0 Å². The lowest BCUT2D eigenvalue weighted by atomic mass is 9.99. The number of aryl methyl sites for hydroxylation is 1. The van der Waals surface area contributed by atoms with Crippen molar-refractivity contribution < 1.29 is 4.74 Å². The molecule has 0 bridgehead atoms. The number of rotatable bonds is 5. The number of anilines is 1. The van der Waals surface area contributed by atoms with Gasteiger partial charge in [0.1, 0.15) is 0 Å². The number of morpholine rings is 1. The van der Waals surface area contributed by atoms with E-state index in [1.165, 1.54) is 16.8 Å². The monoisotopic (exact) mass is 290 g/mol. The summed E-state index contributed by atoms with van der Waals surface area (Å²) in [6.45, 7) is 15.8. The minimum atomic E-state index is 0.0715. The normalized spacial score (nSPS) is 18.3. The number of nitrogens with zero attached hydrogens (tertiary/aromatic N) is 1. The Kier molecular flexibility index (Phi) is 5.28. The van der Waals surface area contributed by atoms with E-state index in [4.69, 9.17) is 4.74 Å². The summed E-state index contributed by atoms with van der Waals surface area (Å²) in [7, 11) is 0. The van der Waals surface area contributed by atoms with E-state index in [9.17, 15) is 0 Å². The van der Waals surface area contributed by atoms with Crippen LogP contribution in [0.3, 0.4) is 0 Å². The summed E-state index contributed by atoms with van der Waals surface area (Å²) < 4.78 is 5.61. The van der Waals surface area contributed by atoms with Gasteiger partial charge in [0, 0.05) is 18.8 Å². The molecule has 1 aliphatic rings. The summed E-state index contributed by atoms with van der Waals surface area (Å²) >= 11 is 0. The van der Waals surface area contributed by atoms with Crippen LogP contribution < -0.4 is 10.2 Å². The Labute approximate surface area is 129 Å². The highest BCUT2D eigenvalue weighted by Gasteiger charge is 2.30. The molecule has 1 aromatic carbocycles. The first-order chi connectivity index (χ1) is 9.90. The number of hydrogen-bond donors (Lipinski definition) is 1. The van der Waals surface area contributed by atoms with Gasteiger partial charge >= 0.3 is 0 Å². The van der Waals surface area contributed by atoms with E-state index in [0.717, 1.165) is 32.8 Å². The molecule has 2 rings (SSSR count). The van der Waals surface area contributed by atoms with Gasteiger partial charge in [0.2, 0.25) is 0 Å². The van der Waals surface area contributed by atoms with Crippen molar-refractivity contribution in [3.8, 4) is 0 Å². The molecule has 3 nitrogen and oxygen atoms in total. The highest BCUT2D eigenvalue weighted by molar-refractivity contribution is 5.53. The first kappa shape index (κ1) is 16.3. The van der Waals surface area contributed by atoms with Crippen LogP contribution in [0.15, 0.2) is 18.2 Å². The van der Waals surface area contributed by atoms with Gasteiger partial charge in [-0.1, -0.05) is 19.9 Å². The number of ether oxygens (including phenoxy) is 1. The highest BCUT2D eigenvalue weighted by Crippen LogP contribution is 2.28. The second-order valence-corrected chi connectivity index (χ2v) is 7.15. The third-order valence-electron chi connectivity index (χ3n) is 4.15. The summed E-state index contributed by atoms with van der Waals surface area (Å²) in [5.74, 6) is 0.693. The Morgan fingerprint density at radius 3 is 2.71 bits per heavy atom. The van der Waals surface area contributed by atoms with E-state index < -0.39 is 0 Å². The zero-order chi connectivity index (χ0) is 15.5. The van der Waals surface area contributed by atoms with Crippen molar-refractivity contribution in [3.63, 3.8) is 0 Å². The van der Waals surface area contributed by atoms with Crippen molar-refractivity contribution in [1.29, 1.82) is 0 Å². The summed E-state index contributed by atoms with van der Waals surface area (Å²) in [4.78, 5) is 2.47. The molecule has 1 aliphatic heterocycles. The molecule has 0 radical (unpaired) electrons. The van der Waals surface area contributed by atoms with Crippen LogP contribution in [-0.4, -0.2) is 31.8 Å². The quantitative estimate of drug-likeness (QED) is 0.900. The molecule has 118 valence electrons. The molecule has 1 saturated heterocycles. The number of benzene rings is 1. The zero-order valence-corrected chi connectivity index (χ0v) is 14.2. The Hall–Kier alpha value is -1.06. The Bertz CT molecular complexity index is 468. The lowest BCUT2D eigenvalue weighted by Crippen LogP contribution is -2.53. The minimum Gasteiger partial charge on any atom is -0.377 e. The smallest absolute Gasteiger partial charge is 0.0694 e. The fourth-order valence-electron chi connectivity index (χ4n) is 2.88. The molecule has 0 aromatic heterocycles. The molecule has 3 heteroatoms. The lowest BCUT2D eigenvalue weighted by molar-refractivity contribution is 0.0644. The summed E-state index contributed by atoms with van der Waals surface area (Å²) in [5.41, 5.74) is 4.15. The van der Waals surface area contributed by atoms with E-state index in [1.54, 1.807) is 0 Å². The number of hydrogen-bond acceptors (Lipinski definition) is 3. The molecular formula is C18H30N2O. The summed E-state index contributed by atoms with van der Waals surface area (Å²) in [6, 6.07) is 6.84. The Morgan fingerprint density at radius 2 is 2.10 bits per heavy atom. The van der Waals surface area contributed by atoms with Crippen LogP contribution in [-0.2, 0) is 11.3 Å². The Morgan fingerprint density at radius 1 is 1.33 bits per heavy atom. The van der Waals surface area contributed by atoms with E-state index in [-0.39, 0.29) is 5.54 Å². The molecule has 0 atom stereocenters. The Balaban J connectivity index is 2.07. The molecule has 0 aliphatic carbocycles. The van der Waals surface area contributed by atoms with Gasteiger partial charge in [0.25, 0.3) is 0 Å². The molecule has 0 unspecified atom stereocenters. The number of nitrogens with one attached hydrogen (secondary N) is 1. The SMILES string of the molecule is Cc1cc(N2CCOCC2(C)C)ccc1CNCC(C)C. The maximum absolute atomic E-state index is 5.61. The van der Waals surface area contributed by atoms with Gasteiger partial charge in [-0.15, -0.1) is 0 Å². The van der Waals surface area contributed by atoms with Gasteiger partial charge in [-0.05, 0) is 56.5 Å². The van der Waals surface area contributed by atoms with E-state index in [0.29, 0.717) is 5.92 Å². The van der Waals surface area contributed by atoms with Crippen molar-refractivity contribution in [2.75, 3.05) is 31.2 Å². The predicted molar refractivity (Wildman–Crippen MR) is 90.0 cm³/mol. The summed E-state index contributed by atoms with van der Waals surface area (Å²) in [5, 5.41) is 3.52. The molecular weight excluding hydrogens is 260 g/mol. The second-order valence-electron chi connectivity index (χ2n) is 7.15. The molecule has 1 heterocycles. The van der Waals surface area contributed by atoms with Crippen molar-refractivity contribution in [3.05, 3.63) is 29.3 Å². The minimum absolute atomic E-state index is 0.0715. The largest absolute Gasteiger partial charge is 0.377 e. The molecule has 0 spiro atoms. The topological polar surface area (TPSA) is 24.5 Å². The third-order valence-corrected chi connectivity index (χ3v) is 4.15. The lowest BCUT2D eigenvalue weighted by Gasteiger charge is -2.44. The van der Waals surface area contributed by atoms with Crippen molar-refractivity contribution in [2.24, 2.45) is 5.92 Å². The van der Waals surface area contributed by atoms with Crippen LogP contribution in [0, 0.1) is 12.8 Å². The van der Waals surface area contributed by atoms with Gasteiger partial charge in [-0.2, -0.15) is 0 Å². The average Bonchev–Trinajstić information content (AvgIpc) is 2.40. The van der Waals surface area contributed by atoms with Crippen LogP contribution >= 0.6 is 0 Å². The van der Waals surface area contributed by atoms with E-state index in [2.05, 4.69) is 63.0 Å². The third kappa shape index (κ3) is 4.21. The van der Waals surface area contributed by atoms with Gasteiger partial charge in [0.05, 0.1) is 18.8 Å². The maximum Gasteiger partial charge on any atom is 0.0694 e. The fraction of sp³-hybridized carbons (Fsp3) is 0.667. The van der Waals surface area contributed by atoms with Crippen molar-refractivity contribution in [1.82, 2.24) is 5.32 Å². The van der Waals surface area contributed by atoms with Crippen LogP contribution in [0.1, 0.15) is 38.8 Å². The second kappa shape index (κ2) is 6.80. The van der Waals surface area contributed by atoms with Gasteiger partial charge in [-0.3, -0.25) is 0 Å². The summed E-state index contributed by atoms with van der Waals surface area (Å²) in [6.07, 6.45) is 0. The molecule has 1 N–H and O–H groups in total. The predicted octanol–water partition coefficient (Wildman–Crippen LogP) is 3.36.